The topological polar surface area (TPSA) is 65.8 Å². The van der Waals surface area contributed by atoms with E-state index in [0.717, 1.165) is 37.0 Å². The van der Waals surface area contributed by atoms with Gasteiger partial charge in [-0.05, 0) is 69.0 Å². The zero-order chi connectivity index (χ0) is 22.2. The Morgan fingerprint density at radius 3 is 2.62 bits per heavy atom. The summed E-state index contributed by atoms with van der Waals surface area (Å²) in [5.41, 5.74) is 2.03. The fourth-order valence-corrected chi connectivity index (χ4v) is 4.67. The van der Waals surface area contributed by atoms with E-state index in [9.17, 15) is 4.79 Å². The highest BCUT2D eigenvalue weighted by Crippen LogP contribution is 2.33. The molecule has 2 aliphatic rings. The first-order valence-electron chi connectivity index (χ1n) is 11.4. The monoisotopic (exact) mass is 452 g/mol. The number of carbonyl (C=O) groups is 1. The van der Waals surface area contributed by atoms with Crippen LogP contribution in [-0.4, -0.2) is 62.5 Å². The predicted molar refractivity (Wildman–Crippen MR) is 126 cm³/mol. The van der Waals surface area contributed by atoms with Crippen molar-refractivity contribution in [2.45, 2.75) is 38.8 Å². The number of fused-ring (bicyclic) bond motifs is 1. The van der Waals surface area contributed by atoms with Crippen molar-refractivity contribution in [3.05, 3.63) is 59.0 Å². The summed E-state index contributed by atoms with van der Waals surface area (Å²) < 4.78 is 1.98. The number of benzene rings is 1. The molecule has 1 saturated heterocycles. The number of piperazine rings is 1. The molecule has 1 N–H and O–H groups in total. The van der Waals surface area contributed by atoms with Gasteiger partial charge in [0.2, 0.25) is 0 Å². The number of nitrogens with zero attached hydrogens (tertiary/aromatic N) is 5. The molecule has 1 atom stereocenters. The summed E-state index contributed by atoms with van der Waals surface area (Å²) in [6.45, 7) is 8.69. The molecule has 2 aromatic heterocycles. The zero-order valence-corrected chi connectivity index (χ0v) is 19.3. The van der Waals surface area contributed by atoms with Crippen LogP contribution in [0.5, 0.6) is 0 Å². The van der Waals surface area contributed by atoms with Gasteiger partial charge in [0.25, 0.3) is 5.91 Å². The summed E-state index contributed by atoms with van der Waals surface area (Å²) in [6, 6.07) is 11.3. The Kier molecular flexibility index (Phi) is 5.88. The molecular weight excluding hydrogens is 424 g/mol. The lowest BCUT2D eigenvalue weighted by molar-refractivity contribution is 0.0437. The molecule has 32 heavy (non-hydrogen) atoms. The van der Waals surface area contributed by atoms with Crippen LogP contribution >= 0.6 is 11.6 Å². The predicted octanol–water partition coefficient (Wildman–Crippen LogP) is 4.11. The van der Waals surface area contributed by atoms with E-state index >= 15 is 0 Å². The maximum absolute atomic E-state index is 12.9. The molecule has 0 unspecified atom stereocenters. The Balaban J connectivity index is 1.42. The third kappa shape index (κ3) is 4.51. The van der Waals surface area contributed by atoms with Crippen molar-refractivity contribution in [2.24, 2.45) is 5.92 Å². The largest absolute Gasteiger partial charge is 0.322 e. The number of hydrogen-bond acceptors (Lipinski definition) is 5. The highest BCUT2D eigenvalue weighted by Gasteiger charge is 2.35. The van der Waals surface area contributed by atoms with Crippen LogP contribution in [0.4, 0.5) is 5.69 Å². The quantitative estimate of drug-likeness (QED) is 0.609. The number of halogens is 1. The number of aromatic nitrogens is 3. The minimum absolute atomic E-state index is 0.145. The highest BCUT2D eigenvalue weighted by molar-refractivity contribution is 6.30. The van der Waals surface area contributed by atoms with Gasteiger partial charge in [-0.3, -0.25) is 19.0 Å². The number of rotatable bonds is 6. The summed E-state index contributed by atoms with van der Waals surface area (Å²) in [6.07, 6.45) is 4.57. The Bertz CT molecular complexity index is 1110. The van der Waals surface area contributed by atoms with Gasteiger partial charge in [0.15, 0.2) is 11.5 Å². The number of amides is 1. The molecule has 3 aromatic rings. The minimum atomic E-state index is -0.173. The molecule has 1 aromatic carbocycles. The van der Waals surface area contributed by atoms with E-state index in [2.05, 4.69) is 39.2 Å². The average Bonchev–Trinajstić information content (AvgIpc) is 3.50. The van der Waals surface area contributed by atoms with Gasteiger partial charge in [-0.25, -0.2) is 0 Å². The van der Waals surface area contributed by atoms with Crippen LogP contribution < -0.4 is 5.32 Å². The van der Waals surface area contributed by atoms with E-state index in [1.807, 2.05) is 16.7 Å². The SMILES string of the molecule is CC(C)N1CCN(CC2CC2)C[C@H]1c1nnc2ccc(C(=O)Nc3ccc(Cl)cc3)cn12. The third-order valence-corrected chi connectivity index (χ3v) is 6.73. The second-order valence-corrected chi connectivity index (χ2v) is 9.65. The maximum atomic E-state index is 12.9. The summed E-state index contributed by atoms with van der Waals surface area (Å²) in [5, 5.41) is 12.5. The van der Waals surface area contributed by atoms with E-state index in [1.165, 1.54) is 19.4 Å². The number of nitrogens with one attached hydrogen (secondary N) is 1. The van der Waals surface area contributed by atoms with Crippen LogP contribution in [-0.2, 0) is 0 Å². The van der Waals surface area contributed by atoms with Crippen LogP contribution in [0.25, 0.3) is 5.65 Å². The molecule has 1 aliphatic carbocycles. The molecule has 7 nitrogen and oxygen atoms in total. The third-order valence-electron chi connectivity index (χ3n) is 6.47. The van der Waals surface area contributed by atoms with E-state index < -0.39 is 0 Å². The molecule has 0 radical (unpaired) electrons. The Labute approximate surface area is 193 Å². The summed E-state index contributed by atoms with van der Waals surface area (Å²) in [7, 11) is 0. The first-order valence-corrected chi connectivity index (χ1v) is 11.8. The molecule has 1 aliphatic heterocycles. The van der Waals surface area contributed by atoms with E-state index in [-0.39, 0.29) is 11.9 Å². The number of hydrogen-bond donors (Lipinski definition) is 1. The molecule has 0 bridgehead atoms. The van der Waals surface area contributed by atoms with Crippen LogP contribution in [0, 0.1) is 5.92 Å². The first kappa shape index (κ1) is 21.4. The first-order chi connectivity index (χ1) is 15.5. The van der Waals surface area contributed by atoms with E-state index in [1.54, 1.807) is 30.3 Å². The van der Waals surface area contributed by atoms with E-state index in [0.29, 0.717) is 22.3 Å². The van der Waals surface area contributed by atoms with Crippen LogP contribution in [0.2, 0.25) is 5.02 Å². The van der Waals surface area contributed by atoms with Gasteiger partial charge < -0.3 is 5.32 Å². The van der Waals surface area contributed by atoms with Crippen molar-refractivity contribution < 1.29 is 4.79 Å². The molecule has 1 amide bonds. The fourth-order valence-electron chi connectivity index (χ4n) is 4.54. The van der Waals surface area contributed by atoms with Gasteiger partial charge in [-0.2, -0.15) is 0 Å². The molecule has 1 saturated carbocycles. The van der Waals surface area contributed by atoms with Gasteiger partial charge in [-0.15, -0.1) is 10.2 Å². The molecule has 3 heterocycles. The minimum Gasteiger partial charge on any atom is -0.322 e. The highest BCUT2D eigenvalue weighted by atomic mass is 35.5. The fraction of sp³-hybridized carbons (Fsp3) is 0.458. The smallest absolute Gasteiger partial charge is 0.257 e. The summed E-state index contributed by atoms with van der Waals surface area (Å²) in [4.78, 5) is 18.0. The van der Waals surface area contributed by atoms with Gasteiger partial charge >= 0.3 is 0 Å². The summed E-state index contributed by atoms with van der Waals surface area (Å²) >= 11 is 5.95. The van der Waals surface area contributed by atoms with Crippen molar-refractivity contribution in [3.63, 3.8) is 0 Å². The lowest BCUT2D eigenvalue weighted by atomic mass is 10.1. The van der Waals surface area contributed by atoms with Crippen molar-refractivity contribution in [3.8, 4) is 0 Å². The normalized spacial score (nSPS) is 20.2. The van der Waals surface area contributed by atoms with Gasteiger partial charge in [0.05, 0.1) is 11.6 Å². The van der Waals surface area contributed by atoms with Crippen LogP contribution in [0.1, 0.15) is 48.9 Å². The van der Waals surface area contributed by atoms with Crippen LogP contribution in [0.3, 0.4) is 0 Å². The Hall–Kier alpha value is -2.48. The van der Waals surface area contributed by atoms with Gasteiger partial charge in [0, 0.05) is 49.1 Å². The number of carbonyl (C=O) groups excluding carboxylic acids is 1. The van der Waals surface area contributed by atoms with Crippen molar-refractivity contribution in [1.29, 1.82) is 0 Å². The Morgan fingerprint density at radius 2 is 1.91 bits per heavy atom. The van der Waals surface area contributed by atoms with Crippen molar-refractivity contribution >= 4 is 28.8 Å². The van der Waals surface area contributed by atoms with Gasteiger partial charge in [-0.1, -0.05) is 11.6 Å². The van der Waals surface area contributed by atoms with E-state index in [4.69, 9.17) is 11.6 Å². The lowest BCUT2D eigenvalue weighted by Crippen LogP contribution is -2.51. The van der Waals surface area contributed by atoms with Gasteiger partial charge in [0.1, 0.15) is 0 Å². The standard InChI is InChI=1S/C24H29ClN6O/c1-16(2)30-12-11-29(13-17-3-4-17)15-21(30)23-28-27-22-10-5-18(14-31(22)23)24(32)26-20-8-6-19(25)7-9-20/h5-10,14,16-17,21H,3-4,11-13,15H2,1-2H3,(H,26,32)/t21-/m0/s1. The molecule has 8 heteroatoms. The second-order valence-electron chi connectivity index (χ2n) is 9.22. The molecule has 2 fully saturated rings. The molecule has 0 spiro atoms. The lowest BCUT2D eigenvalue weighted by Gasteiger charge is -2.42. The molecule has 5 rings (SSSR count). The molecular formula is C24H29ClN6O. The summed E-state index contributed by atoms with van der Waals surface area (Å²) in [5.74, 6) is 1.59. The van der Waals surface area contributed by atoms with Crippen molar-refractivity contribution in [1.82, 2.24) is 24.4 Å². The van der Waals surface area contributed by atoms with Crippen LogP contribution in [0.15, 0.2) is 42.6 Å². The average molecular weight is 453 g/mol. The number of anilines is 1. The Morgan fingerprint density at radius 1 is 1.12 bits per heavy atom. The zero-order valence-electron chi connectivity index (χ0n) is 18.5. The second kappa shape index (κ2) is 8.81. The number of pyridine rings is 1. The molecule has 168 valence electrons. The van der Waals surface area contributed by atoms with Crippen molar-refractivity contribution in [2.75, 3.05) is 31.5 Å². The maximum Gasteiger partial charge on any atom is 0.257 e.